The highest BCUT2D eigenvalue weighted by Crippen LogP contribution is 2.21. The fourth-order valence-corrected chi connectivity index (χ4v) is 1.72. The molecule has 1 heterocycles. The molecule has 0 aliphatic carbocycles. The van der Waals surface area contributed by atoms with Crippen molar-refractivity contribution in [1.29, 1.82) is 0 Å². The van der Waals surface area contributed by atoms with Crippen LogP contribution in [0.3, 0.4) is 0 Å². The third-order valence-corrected chi connectivity index (χ3v) is 2.94. The molecule has 2 rings (SSSR count). The van der Waals surface area contributed by atoms with E-state index in [1.54, 1.807) is 25.1 Å². The van der Waals surface area contributed by atoms with E-state index < -0.39 is 0 Å². The predicted molar refractivity (Wildman–Crippen MR) is 82.3 cm³/mol. The van der Waals surface area contributed by atoms with Crippen LogP contribution in [0.5, 0.6) is 0 Å². The fourth-order valence-electron chi connectivity index (χ4n) is 1.72. The molecule has 0 aliphatic rings. The first-order chi connectivity index (χ1) is 9.61. The third kappa shape index (κ3) is 4.27. The molecule has 1 atom stereocenters. The highest BCUT2D eigenvalue weighted by Gasteiger charge is 2.16. The van der Waals surface area contributed by atoms with Gasteiger partial charge in [-0.3, -0.25) is 4.79 Å². The standard InChI is InChI=1S/C14H18N4O2.ClH/c1-9(7-15)8-16-13(19)11-5-3-4-6-12(11)14-17-10(2)18-20-14;/h3-6,9H,7-8,15H2,1-2H3,(H,16,19);1H. The monoisotopic (exact) mass is 310 g/mol. The molecule has 0 saturated heterocycles. The summed E-state index contributed by atoms with van der Waals surface area (Å²) in [5, 5.41) is 6.60. The molecule has 0 fully saturated rings. The van der Waals surface area contributed by atoms with Crippen LogP contribution in [-0.4, -0.2) is 29.1 Å². The topological polar surface area (TPSA) is 94.0 Å². The Morgan fingerprint density at radius 2 is 2.14 bits per heavy atom. The zero-order chi connectivity index (χ0) is 14.5. The summed E-state index contributed by atoms with van der Waals surface area (Å²) in [5.41, 5.74) is 6.68. The van der Waals surface area contributed by atoms with Gasteiger partial charge in [0.05, 0.1) is 11.1 Å². The van der Waals surface area contributed by atoms with Crippen LogP contribution in [0.1, 0.15) is 23.1 Å². The number of nitrogens with two attached hydrogens (primary N) is 1. The van der Waals surface area contributed by atoms with Gasteiger partial charge in [0.1, 0.15) is 0 Å². The number of nitrogens with zero attached hydrogens (tertiary/aromatic N) is 2. The van der Waals surface area contributed by atoms with Gasteiger partial charge in [0.25, 0.3) is 11.8 Å². The number of aryl methyl sites for hydroxylation is 1. The van der Waals surface area contributed by atoms with Crippen LogP contribution < -0.4 is 11.1 Å². The molecule has 3 N–H and O–H groups in total. The van der Waals surface area contributed by atoms with E-state index in [1.165, 1.54) is 0 Å². The van der Waals surface area contributed by atoms with Gasteiger partial charge in [0, 0.05) is 6.54 Å². The molecular weight excluding hydrogens is 292 g/mol. The van der Waals surface area contributed by atoms with Crippen LogP contribution in [-0.2, 0) is 0 Å². The smallest absolute Gasteiger partial charge is 0.258 e. The molecule has 1 unspecified atom stereocenters. The zero-order valence-corrected chi connectivity index (χ0v) is 12.8. The number of amides is 1. The summed E-state index contributed by atoms with van der Waals surface area (Å²) >= 11 is 0. The quantitative estimate of drug-likeness (QED) is 0.878. The first kappa shape index (κ1) is 17.1. The molecule has 7 heteroatoms. The number of rotatable bonds is 5. The van der Waals surface area contributed by atoms with Crippen molar-refractivity contribution in [3.63, 3.8) is 0 Å². The molecule has 0 bridgehead atoms. The molecule has 6 nitrogen and oxygen atoms in total. The van der Waals surface area contributed by atoms with Gasteiger partial charge in [-0.25, -0.2) is 0 Å². The predicted octanol–water partition coefficient (Wildman–Crippen LogP) is 1.79. The molecular formula is C14H19ClN4O2. The number of halogens is 1. The lowest BCUT2D eigenvalue weighted by atomic mass is 10.1. The molecule has 1 amide bonds. The zero-order valence-electron chi connectivity index (χ0n) is 12.0. The number of hydrogen-bond acceptors (Lipinski definition) is 5. The highest BCUT2D eigenvalue weighted by atomic mass is 35.5. The number of hydrogen-bond donors (Lipinski definition) is 2. The number of carbonyl (C=O) groups excluding carboxylic acids is 1. The molecule has 1 aromatic heterocycles. The van der Waals surface area contributed by atoms with Crippen molar-refractivity contribution in [2.75, 3.05) is 13.1 Å². The van der Waals surface area contributed by atoms with Crippen molar-refractivity contribution in [2.45, 2.75) is 13.8 Å². The maximum atomic E-state index is 12.2. The van der Waals surface area contributed by atoms with Crippen LogP contribution in [0.15, 0.2) is 28.8 Å². The number of aromatic nitrogens is 2. The van der Waals surface area contributed by atoms with Crippen LogP contribution in [0.25, 0.3) is 11.5 Å². The van der Waals surface area contributed by atoms with E-state index in [0.29, 0.717) is 35.9 Å². The number of benzene rings is 1. The van der Waals surface area contributed by atoms with E-state index >= 15 is 0 Å². The van der Waals surface area contributed by atoms with Gasteiger partial charge in [-0.1, -0.05) is 24.2 Å². The second kappa shape index (κ2) is 7.75. The Kier molecular flexibility index (Phi) is 6.33. The lowest BCUT2D eigenvalue weighted by Gasteiger charge is -2.11. The largest absolute Gasteiger partial charge is 0.352 e. The summed E-state index contributed by atoms with van der Waals surface area (Å²) in [6.07, 6.45) is 0. The normalized spacial score (nSPS) is 11.6. The first-order valence-corrected chi connectivity index (χ1v) is 6.49. The minimum absolute atomic E-state index is 0. The highest BCUT2D eigenvalue weighted by molar-refractivity contribution is 5.99. The molecule has 2 aromatic rings. The average Bonchev–Trinajstić information content (AvgIpc) is 2.90. The van der Waals surface area contributed by atoms with Crippen molar-refractivity contribution >= 4 is 18.3 Å². The van der Waals surface area contributed by atoms with E-state index in [0.717, 1.165) is 0 Å². The lowest BCUT2D eigenvalue weighted by Crippen LogP contribution is -2.31. The summed E-state index contributed by atoms with van der Waals surface area (Å²) in [7, 11) is 0. The Hall–Kier alpha value is -1.92. The van der Waals surface area contributed by atoms with E-state index in [-0.39, 0.29) is 24.2 Å². The Morgan fingerprint density at radius 3 is 2.76 bits per heavy atom. The van der Waals surface area contributed by atoms with Gasteiger partial charge in [0.15, 0.2) is 5.82 Å². The average molecular weight is 311 g/mol. The van der Waals surface area contributed by atoms with E-state index in [2.05, 4.69) is 15.5 Å². The molecule has 114 valence electrons. The second-order valence-corrected chi connectivity index (χ2v) is 4.74. The minimum Gasteiger partial charge on any atom is -0.352 e. The molecule has 0 radical (unpaired) electrons. The maximum Gasteiger partial charge on any atom is 0.258 e. The van der Waals surface area contributed by atoms with Gasteiger partial charge in [-0.15, -0.1) is 12.4 Å². The van der Waals surface area contributed by atoms with Crippen molar-refractivity contribution < 1.29 is 9.32 Å². The SMILES string of the molecule is Cc1noc(-c2ccccc2C(=O)NCC(C)CN)n1.Cl. The van der Waals surface area contributed by atoms with Crippen molar-refractivity contribution in [3.8, 4) is 11.5 Å². The third-order valence-electron chi connectivity index (χ3n) is 2.94. The van der Waals surface area contributed by atoms with Gasteiger partial charge >= 0.3 is 0 Å². The molecule has 0 spiro atoms. The number of carbonyl (C=O) groups is 1. The van der Waals surface area contributed by atoms with Crippen molar-refractivity contribution in [3.05, 3.63) is 35.7 Å². The summed E-state index contributed by atoms with van der Waals surface area (Å²) in [6.45, 7) is 4.78. The first-order valence-electron chi connectivity index (χ1n) is 6.49. The van der Waals surface area contributed by atoms with Gasteiger partial charge in [-0.2, -0.15) is 4.98 Å². The van der Waals surface area contributed by atoms with Gasteiger partial charge < -0.3 is 15.6 Å². The summed E-state index contributed by atoms with van der Waals surface area (Å²) in [5.74, 6) is 0.945. The van der Waals surface area contributed by atoms with Crippen LogP contribution in [0, 0.1) is 12.8 Å². The Morgan fingerprint density at radius 1 is 1.43 bits per heavy atom. The van der Waals surface area contributed by atoms with Crippen molar-refractivity contribution in [2.24, 2.45) is 11.7 Å². The van der Waals surface area contributed by atoms with Gasteiger partial charge in [-0.05, 0) is 31.5 Å². The van der Waals surface area contributed by atoms with Crippen LogP contribution >= 0.6 is 12.4 Å². The van der Waals surface area contributed by atoms with Crippen molar-refractivity contribution in [1.82, 2.24) is 15.5 Å². The van der Waals surface area contributed by atoms with Crippen LogP contribution in [0.4, 0.5) is 0 Å². The van der Waals surface area contributed by atoms with E-state index in [4.69, 9.17) is 10.3 Å². The number of nitrogens with one attached hydrogen (secondary N) is 1. The summed E-state index contributed by atoms with van der Waals surface area (Å²) < 4.78 is 5.13. The molecule has 1 aromatic carbocycles. The van der Waals surface area contributed by atoms with E-state index in [1.807, 2.05) is 13.0 Å². The van der Waals surface area contributed by atoms with E-state index in [9.17, 15) is 4.79 Å². The fraction of sp³-hybridized carbons (Fsp3) is 0.357. The lowest BCUT2D eigenvalue weighted by molar-refractivity contribution is 0.0949. The Bertz CT molecular complexity index is 600. The maximum absolute atomic E-state index is 12.2. The minimum atomic E-state index is -0.170. The summed E-state index contributed by atoms with van der Waals surface area (Å²) in [6, 6.07) is 7.15. The Balaban J connectivity index is 0.00000220. The molecule has 0 saturated carbocycles. The molecule has 0 aliphatic heterocycles. The summed E-state index contributed by atoms with van der Waals surface area (Å²) in [4.78, 5) is 16.4. The Labute approximate surface area is 129 Å². The second-order valence-electron chi connectivity index (χ2n) is 4.74. The molecule has 21 heavy (non-hydrogen) atoms. The van der Waals surface area contributed by atoms with Crippen LogP contribution in [0.2, 0.25) is 0 Å². The van der Waals surface area contributed by atoms with Gasteiger partial charge in [0.2, 0.25) is 0 Å².